The fourth-order valence-electron chi connectivity index (χ4n) is 1.87. The van der Waals surface area contributed by atoms with Crippen LogP contribution in [0.2, 0.25) is 0 Å². The lowest BCUT2D eigenvalue weighted by molar-refractivity contribution is 0.0969. The molecule has 0 radical (unpaired) electrons. The molecule has 1 aliphatic carbocycles. The minimum Gasteiger partial charge on any atom is -0.363 e. The highest BCUT2D eigenvalue weighted by Crippen LogP contribution is 2.24. The van der Waals surface area contributed by atoms with Crippen molar-refractivity contribution in [2.24, 2.45) is 11.5 Å². The van der Waals surface area contributed by atoms with Gasteiger partial charge in [0, 0.05) is 0 Å². The van der Waals surface area contributed by atoms with Crippen molar-refractivity contribution in [3.63, 3.8) is 0 Å². The highest BCUT2D eigenvalue weighted by atomic mass is 16.2. The minimum absolute atomic E-state index is 0.184. The summed E-state index contributed by atoms with van der Waals surface area (Å²) in [6.07, 6.45) is 0. The largest absolute Gasteiger partial charge is 0.363 e. The van der Waals surface area contributed by atoms with Crippen LogP contribution in [-0.4, -0.2) is 43.3 Å². The highest BCUT2D eigenvalue weighted by molar-refractivity contribution is 6.26. The molecule has 3 rings (SSSR count). The number of aromatic nitrogens is 4. The van der Waals surface area contributed by atoms with E-state index in [4.69, 9.17) is 11.5 Å². The molecule has 2 aromatic heterocycles. The van der Waals surface area contributed by atoms with Gasteiger partial charge in [-0.25, -0.2) is 9.97 Å². The number of H-pyrrole nitrogens is 2. The number of fused-ring (bicyclic) bond motifs is 2. The maximum Gasteiger partial charge on any atom is 0.284 e. The number of carbonyl (C=O) groups is 4. The van der Waals surface area contributed by atoms with E-state index in [9.17, 15) is 19.2 Å². The molecular weight excluding hydrogens is 268 g/mol. The summed E-state index contributed by atoms with van der Waals surface area (Å²) < 4.78 is 0. The Kier molecular flexibility index (Phi) is 2.12. The van der Waals surface area contributed by atoms with E-state index in [1.54, 1.807) is 0 Å². The number of carbonyl (C=O) groups excluding carboxylic acids is 4. The van der Waals surface area contributed by atoms with E-state index < -0.39 is 23.4 Å². The average Bonchev–Trinajstić information content (AvgIpc) is 3.00. The van der Waals surface area contributed by atoms with Gasteiger partial charge in [-0.3, -0.25) is 19.2 Å². The molecule has 100 valence electrons. The van der Waals surface area contributed by atoms with E-state index in [0.29, 0.717) is 0 Å². The third-order valence-corrected chi connectivity index (χ3v) is 2.76. The maximum atomic E-state index is 12.1. The molecule has 20 heavy (non-hydrogen) atoms. The number of primary amides is 2. The number of aromatic amines is 2. The smallest absolute Gasteiger partial charge is 0.284 e. The molecule has 2 heterocycles. The van der Waals surface area contributed by atoms with Crippen LogP contribution in [0.25, 0.3) is 0 Å². The second-order valence-corrected chi connectivity index (χ2v) is 4.00. The molecule has 0 saturated heterocycles. The van der Waals surface area contributed by atoms with Crippen molar-refractivity contribution in [2.45, 2.75) is 0 Å². The summed E-state index contributed by atoms with van der Waals surface area (Å²) in [5, 5.41) is 0. The van der Waals surface area contributed by atoms with Gasteiger partial charge in [0.2, 0.25) is 11.6 Å². The molecule has 2 amide bonds. The summed E-state index contributed by atoms with van der Waals surface area (Å²) in [5.74, 6) is -3.80. The van der Waals surface area contributed by atoms with Crippen LogP contribution in [0.15, 0.2) is 0 Å². The van der Waals surface area contributed by atoms with Crippen LogP contribution in [0, 0.1) is 0 Å². The van der Waals surface area contributed by atoms with Crippen LogP contribution < -0.4 is 11.5 Å². The van der Waals surface area contributed by atoms with Crippen LogP contribution in [0.3, 0.4) is 0 Å². The number of hydrogen-bond acceptors (Lipinski definition) is 6. The fourth-order valence-corrected chi connectivity index (χ4v) is 1.87. The first-order valence-electron chi connectivity index (χ1n) is 5.29. The lowest BCUT2D eigenvalue weighted by atomic mass is 10.00. The van der Waals surface area contributed by atoms with Crippen LogP contribution in [0.5, 0.6) is 0 Å². The Bertz CT molecular complexity index is 699. The average molecular weight is 274 g/mol. The Morgan fingerprint density at radius 3 is 1.55 bits per heavy atom. The first-order valence-corrected chi connectivity index (χ1v) is 5.29. The van der Waals surface area contributed by atoms with Gasteiger partial charge in [-0.05, 0) is 0 Å². The molecule has 6 N–H and O–H groups in total. The molecule has 2 aromatic rings. The lowest BCUT2D eigenvalue weighted by Crippen LogP contribution is -2.20. The molecule has 10 heteroatoms. The second kappa shape index (κ2) is 3.60. The number of imidazole rings is 2. The van der Waals surface area contributed by atoms with Crippen molar-refractivity contribution in [1.29, 1.82) is 0 Å². The third-order valence-electron chi connectivity index (χ3n) is 2.76. The predicted molar refractivity (Wildman–Crippen MR) is 61.1 cm³/mol. The summed E-state index contributed by atoms with van der Waals surface area (Å²) in [6.45, 7) is 0. The van der Waals surface area contributed by atoms with Gasteiger partial charge in [0.1, 0.15) is 22.8 Å². The zero-order valence-corrected chi connectivity index (χ0v) is 9.68. The Morgan fingerprint density at radius 2 is 1.20 bits per heavy atom. The van der Waals surface area contributed by atoms with Crippen molar-refractivity contribution in [3.8, 4) is 0 Å². The number of nitrogens with one attached hydrogen (secondary N) is 2. The molecule has 0 bridgehead atoms. The van der Waals surface area contributed by atoms with Crippen LogP contribution in [-0.2, 0) is 0 Å². The van der Waals surface area contributed by atoms with Gasteiger partial charge >= 0.3 is 0 Å². The molecule has 0 aliphatic heterocycles. The van der Waals surface area contributed by atoms with Gasteiger partial charge in [0.05, 0.1) is 0 Å². The van der Waals surface area contributed by atoms with E-state index in [-0.39, 0.29) is 34.4 Å². The van der Waals surface area contributed by atoms with Crippen molar-refractivity contribution >= 4 is 23.4 Å². The Hall–Kier alpha value is -3.30. The van der Waals surface area contributed by atoms with Gasteiger partial charge in [0.25, 0.3) is 11.8 Å². The number of rotatable bonds is 2. The Balaban J connectivity index is 2.21. The highest BCUT2D eigenvalue weighted by Gasteiger charge is 2.37. The van der Waals surface area contributed by atoms with Gasteiger partial charge in [-0.15, -0.1) is 0 Å². The number of nitrogens with zero attached hydrogens (tertiary/aromatic N) is 2. The van der Waals surface area contributed by atoms with Crippen molar-refractivity contribution in [3.05, 3.63) is 34.4 Å². The summed E-state index contributed by atoms with van der Waals surface area (Å²) in [4.78, 5) is 58.3. The van der Waals surface area contributed by atoms with Gasteiger partial charge in [-0.1, -0.05) is 0 Å². The van der Waals surface area contributed by atoms with Gasteiger partial charge in [0.15, 0.2) is 11.6 Å². The second-order valence-electron chi connectivity index (χ2n) is 4.00. The first kappa shape index (κ1) is 11.8. The van der Waals surface area contributed by atoms with Crippen LogP contribution in [0.4, 0.5) is 0 Å². The molecule has 0 atom stereocenters. The zero-order valence-electron chi connectivity index (χ0n) is 9.68. The summed E-state index contributed by atoms with van der Waals surface area (Å²) in [5.41, 5.74) is 9.14. The van der Waals surface area contributed by atoms with Gasteiger partial charge in [-0.2, -0.15) is 0 Å². The molecule has 0 fully saturated rings. The quantitative estimate of drug-likeness (QED) is 0.424. The van der Waals surface area contributed by atoms with Crippen molar-refractivity contribution < 1.29 is 19.2 Å². The zero-order chi connectivity index (χ0) is 14.6. The number of amides is 2. The molecule has 10 nitrogen and oxygen atoms in total. The molecule has 0 unspecified atom stereocenters. The predicted octanol–water partition coefficient (Wildman–Crippen LogP) is -1.89. The number of nitrogens with two attached hydrogens (primary N) is 2. The van der Waals surface area contributed by atoms with Crippen molar-refractivity contribution in [1.82, 2.24) is 19.9 Å². The SMILES string of the molecule is NC(=O)c1nc2c([nH]1)C(=O)c1[nH]c(C(N)=O)nc1C2=O. The summed E-state index contributed by atoms with van der Waals surface area (Å²) in [7, 11) is 0. The van der Waals surface area contributed by atoms with E-state index in [0.717, 1.165) is 0 Å². The number of hydrogen-bond donors (Lipinski definition) is 4. The fraction of sp³-hybridized carbons (Fsp3) is 0. The van der Waals surface area contributed by atoms with Crippen LogP contribution >= 0.6 is 0 Å². The van der Waals surface area contributed by atoms with E-state index in [1.807, 2.05) is 0 Å². The normalized spacial score (nSPS) is 13.0. The molecule has 0 aromatic carbocycles. The molecular formula is C10H6N6O4. The standard InChI is InChI=1S/C10H6N6O4/c11-7(19)9-13-1-2(14-9)6(18)4-3(5(1)17)15-10(16-4)8(12)20/h(H2,11,19)(H2,12,20)(H,13,14)(H,15,16). The summed E-state index contributed by atoms with van der Waals surface area (Å²) >= 11 is 0. The Morgan fingerprint density at radius 1 is 0.800 bits per heavy atom. The molecule has 0 saturated carbocycles. The number of ketones is 2. The minimum atomic E-state index is -0.908. The first-order chi connectivity index (χ1) is 9.40. The summed E-state index contributed by atoms with van der Waals surface area (Å²) in [6, 6.07) is 0. The van der Waals surface area contributed by atoms with E-state index >= 15 is 0 Å². The van der Waals surface area contributed by atoms with Crippen LogP contribution in [0.1, 0.15) is 53.6 Å². The van der Waals surface area contributed by atoms with Gasteiger partial charge < -0.3 is 21.4 Å². The third kappa shape index (κ3) is 1.38. The lowest BCUT2D eigenvalue weighted by Gasteiger charge is -2.06. The monoisotopic (exact) mass is 274 g/mol. The van der Waals surface area contributed by atoms with E-state index in [2.05, 4.69) is 19.9 Å². The topological polar surface area (TPSA) is 178 Å². The van der Waals surface area contributed by atoms with Crippen molar-refractivity contribution in [2.75, 3.05) is 0 Å². The van der Waals surface area contributed by atoms with E-state index in [1.165, 1.54) is 0 Å². The molecule has 1 aliphatic rings. The molecule has 0 spiro atoms. The maximum absolute atomic E-state index is 12.1. The Labute approximate surface area is 109 Å².